The molecule has 1 fully saturated rings. The van der Waals surface area contributed by atoms with Crippen molar-refractivity contribution in [3.8, 4) is 5.75 Å². The number of guanidine groups is 1. The van der Waals surface area contributed by atoms with E-state index in [1.807, 2.05) is 6.07 Å². The molecule has 1 N–H and O–H groups in total. The van der Waals surface area contributed by atoms with E-state index in [0.29, 0.717) is 26.4 Å². The van der Waals surface area contributed by atoms with Crippen molar-refractivity contribution >= 4 is 29.9 Å². The first kappa shape index (κ1) is 27.9. The summed E-state index contributed by atoms with van der Waals surface area (Å²) < 4.78 is 30.0. The van der Waals surface area contributed by atoms with Crippen LogP contribution in [0.1, 0.15) is 25.3 Å². The number of hydrogen-bond acceptors (Lipinski definition) is 5. The largest absolute Gasteiger partial charge is 0.494 e. The summed E-state index contributed by atoms with van der Waals surface area (Å²) in [4.78, 5) is 8.96. The quantitative estimate of drug-likeness (QED) is 0.186. The van der Waals surface area contributed by atoms with E-state index < -0.39 is 0 Å². The van der Waals surface area contributed by atoms with Gasteiger partial charge in [0.15, 0.2) is 17.5 Å². The lowest BCUT2D eigenvalue weighted by Crippen LogP contribution is -2.52. The van der Waals surface area contributed by atoms with E-state index >= 15 is 0 Å². The molecule has 0 spiro atoms. The van der Waals surface area contributed by atoms with E-state index in [2.05, 4.69) is 27.0 Å². The lowest BCUT2D eigenvalue weighted by atomic mass is 10.2. The molecule has 0 saturated carbocycles. The normalized spacial score (nSPS) is 15.0. The fourth-order valence-corrected chi connectivity index (χ4v) is 3.32. The molecule has 1 aromatic rings. The molecule has 1 aromatic carbocycles. The SMILES string of the molecule is CCCCOCCOCCNC(=NC)N1CCN(Cc2ccc(OC)c(F)c2)CC1.I. The number of unbranched alkanes of at least 4 members (excludes halogenated alkanes) is 1. The Labute approximate surface area is 203 Å². The first-order valence-electron chi connectivity index (χ1n) is 10.8. The van der Waals surface area contributed by atoms with Gasteiger partial charge in [0.05, 0.1) is 26.9 Å². The van der Waals surface area contributed by atoms with E-state index in [4.69, 9.17) is 14.2 Å². The van der Waals surface area contributed by atoms with Crippen molar-refractivity contribution < 1.29 is 18.6 Å². The molecular weight excluding hydrogens is 514 g/mol. The maximum Gasteiger partial charge on any atom is 0.193 e. The highest BCUT2D eigenvalue weighted by Crippen LogP contribution is 2.19. The fourth-order valence-electron chi connectivity index (χ4n) is 3.32. The van der Waals surface area contributed by atoms with Crippen LogP contribution in [0.25, 0.3) is 0 Å². The summed E-state index contributed by atoms with van der Waals surface area (Å²) in [6.07, 6.45) is 2.25. The first-order chi connectivity index (χ1) is 14.7. The lowest BCUT2D eigenvalue weighted by molar-refractivity contribution is 0.0485. The van der Waals surface area contributed by atoms with Gasteiger partial charge in [-0.3, -0.25) is 9.89 Å². The third-order valence-corrected chi connectivity index (χ3v) is 5.05. The highest BCUT2D eigenvalue weighted by molar-refractivity contribution is 14.0. The topological polar surface area (TPSA) is 58.6 Å². The highest BCUT2D eigenvalue weighted by Gasteiger charge is 2.19. The molecule has 0 bridgehead atoms. The summed E-state index contributed by atoms with van der Waals surface area (Å²) >= 11 is 0. The Hall–Kier alpha value is -1.17. The molecule has 9 heteroatoms. The maximum atomic E-state index is 13.9. The van der Waals surface area contributed by atoms with Crippen molar-refractivity contribution in [3.05, 3.63) is 29.6 Å². The van der Waals surface area contributed by atoms with Gasteiger partial charge in [0.1, 0.15) is 0 Å². The van der Waals surface area contributed by atoms with Crippen LogP contribution in [0.15, 0.2) is 23.2 Å². The second-order valence-electron chi connectivity index (χ2n) is 7.28. The molecule has 0 aromatic heterocycles. The van der Waals surface area contributed by atoms with Crippen LogP contribution in [0.4, 0.5) is 4.39 Å². The summed E-state index contributed by atoms with van der Waals surface area (Å²) in [6, 6.07) is 5.16. The summed E-state index contributed by atoms with van der Waals surface area (Å²) in [5.74, 6) is 0.868. The van der Waals surface area contributed by atoms with Crippen LogP contribution in [0.2, 0.25) is 0 Å². The van der Waals surface area contributed by atoms with Gasteiger partial charge in [-0.25, -0.2) is 4.39 Å². The molecule has 2 rings (SSSR count). The molecule has 1 aliphatic rings. The van der Waals surface area contributed by atoms with Crippen molar-refractivity contribution in [2.75, 3.05) is 73.3 Å². The van der Waals surface area contributed by atoms with Gasteiger partial charge >= 0.3 is 0 Å². The van der Waals surface area contributed by atoms with Gasteiger partial charge in [-0.2, -0.15) is 0 Å². The van der Waals surface area contributed by atoms with Gasteiger partial charge in [-0.05, 0) is 24.1 Å². The number of ether oxygens (including phenoxy) is 3. The van der Waals surface area contributed by atoms with Gasteiger partial charge in [0.2, 0.25) is 0 Å². The molecule has 7 nitrogen and oxygen atoms in total. The molecule has 0 atom stereocenters. The zero-order valence-electron chi connectivity index (χ0n) is 19.1. The Bertz CT molecular complexity index is 643. The van der Waals surface area contributed by atoms with Gasteiger partial charge in [-0.1, -0.05) is 19.4 Å². The highest BCUT2D eigenvalue weighted by atomic mass is 127. The van der Waals surface area contributed by atoms with E-state index in [-0.39, 0.29) is 35.5 Å². The summed E-state index contributed by atoms with van der Waals surface area (Å²) in [7, 11) is 3.28. The summed E-state index contributed by atoms with van der Waals surface area (Å²) in [5.41, 5.74) is 0.958. The standard InChI is InChI=1S/C22H37FN4O3.HI/c1-4-5-13-29-15-16-30-14-8-25-22(24-2)27-11-9-26(10-12-27)18-19-6-7-21(28-3)20(23)17-19;/h6-7,17H,4-5,8-16,18H2,1-3H3,(H,24,25);1H. The number of rotatable bonds is 12. The number of piperazine rings is 1. The van der Waals surface area contributed by atoms with Crippen LogP contribution in [-0.4, -0.2) is 89.1 Å². The van der Waals surface area contributed by atoms with E-state index in [1.165, 1.54) is 7.11 Å². The van der Waals surface area contributed by atoms with Crippen LogP contribution in [0, 0.1) is 5.82 Å². The molecule has 1 heterocycles. The second kappa shape index (κ2) is 16.5. The number of nitrogens with one attached hydrogen (secondary N) is 1. The van der Waals surface area contributed by atoms with Gasteiger partial charge < -0.3 is 24.4 Å². The van der Waals surface area contributed by atoms with Gasteiger partial charge in [0.25, 0.3) is 0 Å². The van der Waals surface area contributed by atoms with Crippen LogP contribution in [-0.2, 0) is 16.0 Å². The predicted octanol–water partition coefficient (Wildman–Crippen LogP) is 2.98. The number of hydrogen-bond donors (Lipinski definition) is 1. The van der Waals surface area contributed by atoms with Crippen LogP contribution in [0.3, 0.4) is 0 Å². The van der Waals surface area contributed by atoms with E-state index in [0.717, 1.165) is 63.7 Å². The zero-order valence-corrected chi connectivity index (χ0v) is 21.4. The Morgan fingerprint density at radius 1 is 1.10 bits per heavy atom. The average Bonchev–Trinajstić information content (AvgIpc) is 2.76. The number of benzene rings is 1. The molecule has 1 saturated heterocycles. The van der Waals surface area contributed by atoms with E-state index in [9.17, 15) is 4.39 Å². The molecule has 0 radical (unpaired) electrons. The van der Waals surface area contributed by atoms with E-state index in [1.54, 1.807) is 19.2 Å². The maximum absolute atomic E-state index is 13.9. The molecule has 178 valence electrons. The van der Waals surface area contributed by atoms with Crippen molar-refractivity contribution in [2.45, 2.75) is 26.3 Å². The molecule has 31 heavy (non-hydrogen) atoms. The average molecular weight is 552 g/mol. The summed E-state index contributed by atoms with van der Waals surface area (Å²) in [5, 5.41) is 3.36. The minimum atomic E-state index is -0.312. The minimum Gasteiger partial charge on any atom is -0.494 e. The Morgan fingerprint density at radius 2 is 1.81 bits per heavy atom. The van der Waals surface area contributed by atoms with Crippen LogP contribution >= 0.6 is 24.0 Å². The van der Waals surface area contributed by atoms with Crippen molar-refractivity contribution in [1.82, 2.24) is 15.1 Å². The molecular formula is C22H38FIN4O3. The van der Waals surface area contributed by atoms with Gasteiger partial charge in [-0.15, -0.1) is 24.0 Å². The fraction of sp³-hybridized carbons (Fsp3) is 0.682. The first-order valence-corrected chi connectivity index (χ1v) is 10.8. The molecule has 0 aliphatic carbocycles. The molecule has 1 aliphatic heterocycles. The Morgan fingerprint density at radius 3 is 2.42 bits per heavy atom. The van der Waals surface area contributed by atoms with Crippen molar-refractivity contribution in [3.63, 3.8) is 0 Å². The molecule has 0 amide bonds. The Kier molecular flexibility index (Phi) is 14.8. The number of methoxy groups -OCH3 is 1. The number of nitrogens with zero attached hydrogens (tertiary/aromatic N) is 3. The zero-order chi connectivity index (χ0) is 21.6. The number of aliphatic imine (C=N–C) groups is 1. The minimum absolute atomic E-state index is 0. The smallest absolute Gasteiger partial charge is 0.193 e. The van der Waals surface area contributed by atoms with Crippen molar-refractivity contribution in [2.24, 2.45) is 4.99 Å². The monoisotopic (exact) mass is 552 g/mol. The van der Waals surface area contributed by atoms with Gasteiger partial charge in [0, 0.05) is 52.9 Å². The third-order valence-electron chi connectivity index (χ3n) is 5.05. The van der Waals surface area contributed by atoms with Crippen LogP contribution in [0.5, 0.6) is 5.75 Å². The van der Waals surface area contributed by atoms with Crippen molar-refractivity contribution in [1.29, 1.82) is 0 Å². The van der Waals surface area contributed by atoms with Crippen LogP contribution < -0.4 is 10.1 Å². The second-order valence-corrected chi connectivity index (χ2v) is 7.28. The molecule has 0 unspecified atom stereocenters. The number of halogens is 2. The predicted molar refractivity (Wildman–Crippen MR) is 133 cm³/mol. The third kappa shape index (κ3) is 10.3. The lowest BCUT2D eigenvalue weighted by Gasteiger charge is -2.36. The Balaban J connectivity index is 0.00000480. The summed E-state index contributed by atoms with van der Waals surface area (Å²) in [6.45, 7) is 9.86.